The number of hydrogen-bond acceptors (Lipinski definition) is 7. The van der Waals surface area contributed by atoms with E-state index in [9.17, 15) is 9.59 Å². The average molecular weight is 698 g/mol. The van der Waals surface area contributed by atoms with Crippen molar-refractivity contribution in [1.82, 2.24) is 4.57 Å². The van der Waals surface area contributed by atoms with Crippen molar-refractivity contribution in [3.63, 3.8) is 0 Å². The molecule has 0 amide bonds. The Morgan fingerprint density at radius 1 is 1.02 bits per heavy atom. The summed E-state index contributed by atoms with van der Waals surface area (Å²) in [4.78, 5) is 32.9. The van der Waals surface area contributed by atoms with Gasteiger partial charge in [-0.3, -0.25) is 9.36 Å². The smallest absolute Gasteiger partial charge is 0.338 e. The van der Waals surface area contributed by atoms with Gasteiger partial charge in [-0.05, 0) is 74.4 Å². The molecule has 7 nitrogen and oxygen atoms in total. The monoisotopic (exact) mass is 696 g/mol. The lowest BCUT2D eigenvalue weighted by Crippen LogP contribution is -2.40. The summed E-state index contributed by atoms with van der Waals surface area (Å²) in [7, 11) is 0. The minimum absolute atomic E-state index is 0.114. The molecule has 46 heavy (non-hydrogen) atoms. The van der Waals surface area contributed by atoms with Crippen LogP contribution in [0.4, 0.5) is 0 Å². The van der Waals surface area contributed by atoms with Crippen molar-refractivity contribution in [2.24, 2.45) is 4.99 Å². The van der Waals surface area contributed by atoms with Gasteiger partial charge in [-0.15, -0.1) is 0 Å². The Hall–Kier alpha value is -4.47. The fourth-order valence-corrected chi connectivity index (χ4v) is 7.05. The molecule has 6 rings (SSSR count). The molecule has 0 fully saturated rings. The van der Waals surface area contributed by atoms with Crippen molar-refractivity contribution < 1.29 is 19.0 Å². The first-order chi connectivity index (χ1) is 22.2. The molecular formula is C37H33BrN2O5S. The van der Waals surface area contributed by atoms with Crippen LogP contribution in [0.3, 0.4) is 0 Å². The summed E-state index contributed by atoms with van der Waals surface area (Å²) >= 11 is 4.85. The van der Waals surface area contributed by atoms with Crippen molar-refractivity contribution in [3.8, 4) is 11.5 Å². The van der Waals surface area contributed by atoms with Gasteiger partial charge in [0, 0.05) is 15.6 Å². The van der Waals surface area contributed by atoms with Gasteiger partial charge in [-0.1, -0.05) is 87.9 Å². The highest BCUT2D eigenvalue weighted by molar-refractivity contribution is 9.10. The number of allylic oxidation sites excluding steroid dienone is 1. The summed E-state index contributed by atoms with van der Waals surface area (Å²) in [6, 6.07) is 26.8. The standard InChI is InChI=1S/C37H33BrN2O5S/c1-5-43-36(42)33-23(4)39-37-40(34(33)29-15-8-9-16-31(29)45-22(2)3)35(41)32(46-37)20-26-19-27(38)17-18-30(26)44-21-25-13-10-12-24-11-6-7-14-28(24)25/h6-20,22,34H,5,21H2,1-4H3/b32-20+/t34-/m0/s1. The molecule has 9 heteroatoms. The number of esters is 1. The number of hydrogen-bond donors (Lipinski definition) is 0. The number of nitrogens with zero attached hydrogens (tertiary/aromatic N) is 2. The quantitative estimate of drug-likeness (QED) is 0.154. The highest BCUT2D eigenvalue weighted by Crippen LogP contribution is 2.36. The van der Waals surface area contributed by atoms with Gasteiger partial charge in [0.05, 0.1) is 28.5 Å². The first-order valence-corrected chi connectivity index (χ1v) is 16.7. The second-order valence-electron chi connectivity index (χ2n) is 11.1. The molecule has 1 aromatic heterocycles. The van der Waals surface area contributed by atoms with Crippen LogP contribution in [0.5, 0.6) is 11.5 Å². The molecule has 0 saturated heterocycles. The zero-order valence-corrected chi connectivity index (χ0v) is 28.4. The zero-order chi connectivity index (χ0) is 32.4. The molecule has 5 aromatic rings. The molecule has 0 radical (unpaired) electrons. The number of halogens is 1. The maximum absolute atomic E-state index is 14.3. The lowest BCUT2D eigenvalue weighted by atomic mass is 9.95. The van der Waals surface area contributed by atoms with E-state index in [0.717, 1.165) is 26.4 Å². The summed E-state index contributed by atoms with van der Waals surface area (Å²) in [5.41, 5.74) is 3.02. The molecule has 1 aliphatic rings. The molecule has 2 heterocycles. The third kappa shape index (κ3) is 6.30. The predicted octanol–water partition coefficient (Wildman–Crippen LogP) is 7.08. The number of para-hydroxylation sites is 1. The normalized spacial score (nSPS) is 14.7. The Balaban J connectivity index is 1.46. The number of ether oxygens (including phenoxy) is 3. The second kappa shape index (κ2) is 13.5. The molecule has 0 spiro atoms. The van der Waals surface area contributed by atoms with Gasteiger partial charge >= 0.3 is 5.97 Å². The predicted molar refractivity (Wildman–Crippen MR) is 185 cm³/mol. The highest BCUT2D eigenvalue weighted by atomic mass is 79.9. The Morgan fingerprint density at radius 3 is 2.59 bits per heavy atom. The molecule has 0 unspecified atom stereocenters. The highest BCUT2D eigenvalue weighted by Gasteiger charge is 2.35. The maximum atomic E-state index is 14.3. The number of fused-ring (bicyclic) bond motifs is 2. The first-order valence-electron chi connectivity index (χ1n) is 15.1. The van der Waals surface area contributed by atoms with Crippen molar-refractivity contribution >= 4 is 50.1 Å². The van der Waals surface area contributed by atoms with Crippen molar-refractivity contribution in [2.75, 3.05) is 6.61 Å². The van der Waals surface area contributed by atoms with Crippen molar-refractivity contribution in [2.45, 2.75) is 46.4 Å². The van der Waals surface area contributed by atoms with Crippen LogP contribution in [0, 0.1) is 0 Å². The van der Waals surface area contributed by atoms with E-state index in [-0.39, 0.29) is 18.3 Å². The average Bonchev–Trinajstić information content (AvgIpc) is 3.33. The fourth-order valence-electron chi connectivity index (χ4n) is 5.63. The number of aromatic nitrogens is 1. The van der Waals surface area contributed by atoms with E-state index in [1.807, 2.05) is 80.6 Å². The van der Waals surface area contributed by atoms with Crippen molar-refractivity contribution in [1.29, 1.82) is 0 Å². The SMILES string of the molecule is CCOC(=O)C1=C(C)N=c2s/c(=C/c3cc(Br)ccc3OCc3cccc4ccccc34)c(=O)n2[C@H]1c1ccccc1OC(C)C. The van der Waals surface area contributed by atoms with E-state index >= 15 is 0 Å². The maximum Gasteiger partial charge on any atom is 0.338 e. The van der Waals surface area contributed by atoms with Gasteiger partial charge in [0.25, 0.3) is 5.56 Å². The minimum atomic E-state index is -0.781. The Morgan fingerprint density at radius 2 is 1.78 bits per heavy atom. The molecule has 0 bridgehead atoms. The fraction of sp³-hybridized carbons (Fsp3) is 0.216. The van der Waals surface area contributed by atoms with Crippen LogP contribution in [0.25, 0.3) is 16.8 Å². The first kappa shape index (κ1) is 31.5. The molecule has 1 aliphatic heterocycles. The minimum Gasteiger partial charge on any atom is -0.491 e. The number of benzene rings is 4. The second-order valence-corrected chi connectivity index (χ2v) is 13.0. The summed E-state index contributed by atoms with van der Waals surface area (Å²) < 4.78 is 20.9. The molecule has 0 N–H and O–H groups in total. The molecule has 4 aromatic carbocycles. The van der Waals surface area contributed by atoms with Crippen LogP contribution >= 0.6 is 27.3 Å². The number of carbonyl (C=O) groups is 1. The lowest BCUT2D eigenvalue weighted by Gasteiger charge is -2.26. The number of thiazole rings is 1. The van der Waals surface area contributed by atoms with Crippen molar-refractivity contribution in [3.05, 3.63) is 137 Å². The van der Waals surface area contributed by atoms with Crippen LogP contribution in [0.15, 0.2) is 110 Å². The van der Waals surface area contributed by atoms with E-state index in [2.05, 4.69) is 40.2 Å². The van der Waals surface area contributed by atoms with E-state index < -0.39 is 12.0 Å². The largest absolute Gasteiger partial charge is 0.491 e. The third-order valence-corrected chi connectivity index (χ3v) is 9.09. The molecule has 1 atom stereocenters. The molecular weight excluding hydrogens is 664 g/mol. The molecule has 0 saturated carbocycles. The van der Waals surface area contributed by atoms with E-state index in [1.165, 1.54) is 11.3 Å². The topological polar surface area (TPSA) is 79.1 Å². The van der Waals surface area contributed by atoms with Gasteiger partial charge in [0.2, 0.25) is 0 Å². The Kier molecular flexibility index (Phi) is 9.24. The lowest BCUT2D eigenvalue weighted by molar-refractivity contribution is -0.139. The Labute approximate surface area is 279 Å². The van der Waals surface area contributed by atoms with Gasteiger partial charge in [-0.25, -0.2) is 9.79 Å². The molecule has 0 aliphatic carbocycles. The van der Waals surface area contributed by atoms with Gasteiger partial charge in [-0.2, -0.15) is 0 Å². The summed E-state index contributed by atoms with van der Waals surface area (Å²) in [6.45, 7) is 7.96. The summed E-state index contributed by atoms with van der Waals surface area (Å²) in [5, 5.41) is 2.28. The number of rotatable bonds is 9. The van der Waals surface area contributed by atoms with Crippen LogP contribution in [0.1, 0.15) is 50.4 Å². The third-order valence-electron chi connectivity index (χ3n) is 7.61. The van der Waals surface area contributed by atoms with Crippen LogP contribution in [-0.4, -0.2) is 23.2 Å². The summed E-state index contributed by atoms with van der Waals surface area (Å²) in [6.07, 6.45) is 1.71. The van der Waals surface area contributed by atoms with Gasteiger partial charge < -0.3 is 14.2 Å². The van der Waals surface area contributed by atoms with Crippen LogP contribution < -0.4 is 24.4 Å². The van der Waals surface area contributed by atoms with E-state index in [4.69, 9.17) is 19.2 Å². The van der Waals surface area contributed by atoms with E-state index in [1.54, 1.807) is 18.4 Å². The Bertz CT molecular complexity index is 2160. The number of carbonyl (C=O) groups excluding carboxylic acids is 1. The summed E-state index contributed by atoms with van der Waals surface area (Å²) in [5.74, 6) is 0.709. The van der Waals surface area contributed by atoms with Gasteiger partial charge in [0.1, 0.15) is 24.1 Å². The van der Waals surface area contributed by atoms with Crippen LogP contribution in [0.2, 0.25) is 0 Å². The van der Waals surface area contributed by atoms with E-state index in [0.29, 0.717) is 44.3 Å². The molecule has 234 valence electrons. The van der Waals surface area contributed by atoms with Crippen LogP contribution in [-0.2, 0) is 16.1 Å². The zero-order valence-electron chi connectivity index (χ0n) is 26.0. The van der Waals surface area contributed by atoms with Gasteiger partial charge in [0.15, 0.2) is 4.80 Å².